The van der Waals surface area contributed by atoms with E-state index in [9.17, 15) is 0 Å². The van der Waals surface area contributed by atoms with Crippen molar-refractivity contribution in [3.8, 4) is 0 Å². The summed E-state index contributed by atoms with van der Waals surface area (Å²) in [5, 5.41) is 3.35. The number of anilines is 1. The largest absolute Gasteiger partial charge is 0.367 e. The predicted molar refractivity (Wildman–Crippen MR) is 73.5 cm³/mol. The van der Waals surface area contributed by atoms with Crippen LogP contribution in [0, 0.1) is 6.92 Å². The standard InChI is InChI=1S/C14H18N4/c1-10-13(16-9-14(15)7-4-8-14)18-12-6-3-2-5-11(12)17-10/h2-3,5-6H,4,7-9,15H2,1H3,(H,16,18). The normalized spacial score (nSPS) is 17.4. The zero-order valence-corrected chi connectivity index (χ0v) is 10.6. The fraction of sp³-hybridized carbons (Fsp3) is 0.429. The Labute approximate surface area is 107 Å². The molecular weight excluding hydrogens is 224 g/mol. The minimum atomic E-state index is -0.0419. The molecule has 0 saturated heterocycles. The van der Waals surface area contributed by atoms with Crippen molar-refractivity contribution in [1.82, 2.24) is 9.97 Å². The van der Waals surface area contributed by atoms with Crippen LogP contribution in [0.15, 0.2) is 24.3 Å². The fourth-order valence-corrected chi connectivity index (χ4v) is 2.32. The second-order valence-electron chi connectivity index (χ2n) is 5.22. The van der Waals surface area contributed by atoms with Gasteiger partial charge in [0.1, 0.15) is 5.82 Å². The second kappa shape index (κ2) is 4.21. The first-order chi connectivity index (χ1) is 8.66. The van der Waals surface area contributed by atoms with Gasteiger partial charge in [0, 0.05) is 12.1 Å². The van der Waals surface area contributed by atoms with E-state index in [0.29, 0.717) is 0 Å². The van der Waals surface area contributed by atoms with E-state index in [2.05, 4.69) is 15.3 Å². The summed E-state index contributed by atoms with van der Waals surface area (Å²) in [5.74, 6) is 0.852. The van der Waals surface area contributed by atoms with E-state index >= 15 is 0 Å². The van der Waals surface area contributed by atoms with Crippen LogP contribution < -0.4 is 11.1 Å². The van der Waals surface area contributed by atoms with Crippen molar-refractivity contribution in [1.29, 1.82) is 0 Å². The van der Waals surface area contributed by atoms with Gasteiger partial charge >= 0.3 is 0 Å². The number of rotatable bonds is 3. The monoisotopic (exact) mass is 242 g/mol. The van der Waals surface area contributed by atoms with Gasteiger partial charge in [-0.05, 0) is 38.3 Å². The molecule has 1 saturated carbocycles. The van der Waals surface area contributed by atoms with Crippen molar-refractivity contribution in [3.05, 3.63) is 30.0 Å². The van der Waals surface area contributed by atoms with Crippen molar-refractivity contribution < 1.29 is 0 Å². The maximum Gasteiger partial charge on any atom is 0.148 e. The Kier molecular flexibility index (Phi) is 2.67. The molecule has 1 aliphatic carbocycles. The van der Waals surface area contributed by atoms with Crippen LogP contribution in [0.25, 0.3) is 11.0 Å². The van der Waals surface area contributed by atoms with Gasteiger partial charge in [0.15, 0.2) is 0 Å². The lowest BCUT2D eigenvalue weighted by molar-refractivity contribution is 0.265. The number of nitrogens with two attached hydrogens (primary N) is 1. The third-order valence-corrected chi connectivity index (χ3v) is 3.70. The molecule has 3 N–H and O–H groups in total. The summed E-state index contributed by atoms with van der Waals surface area (Å²) in [7, 11) is 0. The number of hydrogen-bond donors (Lipinski definition) is 2. The lowest BCUT2D eigenvalue weighted by atomic mass is 9.78. The third-order valence-electron chi connectivity index (χ3n) is 3.70. The van der Waals surface area contributed by atoms with Crippen LogP contribution in [0.5, 0.6) is 0 Å². The topological polar surface area (TPSA) is 63.8 Å². The fourth-order valence-electron chi connectivity index (χ4n) is 2.32. The molecule has 0 bridgehead atoms. The zero-order chi connectivity index (χ0) is 12.6. The number of nitrogens with one attached hydrogen (secondary N) is 1. The van der Waals surface area contributed by atoms with E-state index in [4.69, 9.17) is 5.73 Å². The van der Waals surface area contributed by atoms with E-state index in [1.165, 1.54) is 6.42 Å². The van der Waals surface area contributed by atoms with Gasteiger partial charge in [-0.25, -0.2) is 9.97 Å². The summed E-state index contributed by atoms with van der Waals surface area (Å²) >= 11 is 0. The highest BCUT2D eigenvalue weighted by Crippen LogP contribution is 2.29. The van der Waals surface area contributed by atoms with Crippen LogP contribution in [0.3, 0.4) is 0 Å². The predicted octanol–water partition coefficient (Wildman–Crippen LogP) is 2.23. The molecule has 1 heterocycles. The number of nitrogens with zero attached hydrogens (tertiary/aromatic N) is 2. The first kappa shape index (κ1) is 11.4. The van der Waals surface area contributed by atoms with E-state index in [1.807, 2.05) is 31.2 Å². The first-order valence-electron chi connectivity index (χ1n) is 6.42. The number of aromatic nitrogens is 2. The molecule has 1 fully saturated rings. The highest BCUT2D eigenvalue weighted by molar-refractivity contribution is 5.76. The van der Waals surface area contributed by atoms with E-state index in [0.717, 1.165) is 41.9 Å². The van der Waals surface area contributed by atoms with Crippen molar-refractivity contribution in [2.75, 3.05) is 11.9 Å². The van der Waals surface area contributed by atoms with Gasteiger partial charge in [0.05, 0.1) is 16.7 Å². The SMILES string of the molecule is Cc1nc2ccccc2nc1NCC1(N)CCC1. The Morgan fingerprint density at radius 2 is 1.89 bits per heavy atom. The molecule has 0 radical (unpaired) electrons. The third kappa shape index (κ3) is 2.04. The lowest BCUT2D eigenvalue weighted by Gasteiger charge is -2.38. The van der Waals surface area contributed by atoms with Crippen molar-refractivity contribution in [2.24, 2.45) is 5.73 Å². The zero-order valence-electron chi connectivity index (χ0n) is 10.6. The molecule has 1 aromatic carbocycles. The van der Waals surface area contributed by atoms with Gasteiger partial charge in [-0.3, -0.25) is 0 Å². The molecule has 0 unspecified atom stereocenters. The molecule has 1 aromatic heterocycles. The van der Waals surface area contributed by atoms with Crippen LogP contribution >= 0.6 is 0 Å². The van der Waals surface area contributed by atoms with Crippen molar-refractivity contribution in [2.45, 2.75) is 31.7 Å². The second-order valence-corrected chi connectivity index (χ2v) is 5.22. The highest BCUT2D eigenvalue weighted by Gasteiger charge is 2.32. The molecule has 0 spiro atoms. The summed E-state index contributed by atoms with van der Waals surface area (Å²) in [4.78, 5) is 9.16. The van der Waals surface area contributed by atoms with Crippen LogP contribution in [-0.2, 0) is 0 Å². The molecular formula is C14H18N4. The van der Waals surface area contributed by atoms with Crippen LogP contribution in [0.4, 0.5) is 5.82 Å². The molecule has 3 rings (SSSR count). The molecule has 94 valence electrons. The minimum Gasteiger partial charge on any atom is -0.367 e. The van der Waals surface area contributed by atoms with Crippen LogP contribution in [0.2, 0.25) is 0 Å². The summed E-state index contributed by atoms with van der Waals surface area (Å²) in [6, 6.07) is 7.92. The number of aryl methyl sites for hydroxylation is 1. The average Bonchev–Trinajstić information content (AvgIpc) is 2.34. The number of hydrogen-bond acceptors (Lipinski definition) is 4. The minimum absolute atomic E-state index is 0.0419. The smallest absolute Gasteiger partial charge is 0.148 e. The quantitative estimate of drug-likeness (QED) is 0.866. The number of fused-ring (bicyclic) bond motifs is 1. The molecule has 2 aromatic rings. The summed E-state index contributed by atoms with van der Waals surface area (Å²) in [5.41, 5.74) is 8.95. The van der Waals surface area contributed by atoms with E-state index < -0.39 is 0 Å². The van der Waals surface area contributed by atoms with Crippen LogP contribution in [-0.4, -0.2) is 22.1 Å². The van der Waals surface area contributed by atoms with Gasteiger partial charge in [-0.2, -0.15) is 0 Å². The summed E-state index contributed by atoms with van der Waals surface area (Å²) in [6.45, 7) is 2.76. The van der Waals surface area contributed by atoms with Crippen LogP contribution in [0.1, 0.15) is 25.0 Å². The Morgan fingerprint density at radius 1 is 1.22 bits per heavy atom. The first-order valence-corrected chi connectivity index (χ1v) is 6.42. The van der Waals surface area contributed by atoms with Gasteiger partial charge < -0.3 is 11.1 Å². The summed E-state index contributed by atoms with van der Waals surface area (Å²) < 4.78 is 0. The Bertz CT molecular complexity index is 575. The average molecular weight is 242 g/mol. The molecule has 18 heavy (non-hydrogen) atoms. The molecule has 1 aliphatic rings. The Morgan fingerprint density at radius 3 is 2.50 bits per heavy atom. The molecule has 0 amide bonds. The van der Waals surface area contributed by atoms with Crippen molar-refractivity contribution in [3.63, 3.8) is 0 Å². The Hall–Kier alpha value is -1.68. The van der Waals surface area contributed by atoms with Gasteiger partial charge in [-0.15, -0.1) is 0 Å². The Balaban J connectivity index is 1.84. The maximum absolute atomic E-state index is 6.20. The van der Waals surface area contributed by atoms with E-state index in [1.54, 1.807) is 0 Å². The molecule has 0 atom stereocenters. The summed E-state index contributed by atoms with van der Waals surface area (Å²) in [6.07, 6.45) is 3.43. The van der Waals surface area contributed by atoms with E-state index in [-0.39, 0.29) is 5.54 Å². The maximum atomic E-state index is 6.20. The lowest BCUT2D eigenvalue weighted by Crippen LogP contribution is -2.52. The van der Waals surface area contributed by atoms with Gasteiger partial charge in [0.2, 0.25) is 0 Å². The molecule has 4 nitrogen and oxygen atoms in total. The van der Waals surface area contributed by atoms with Gasteiger partial charge in [-0.1, -0.05) is 12.1 Å². The molecule has 4 heteroatoms. The number of para-hydroxylation sites is 2. The van der Waals surface area contributed by atoms with Gasteiger partial charge in [0.25, 0.3) is 0 Å². The van der Waals surface area contributed by atoms with Crippen molar-refractivity contribution >= 4 is 16.9 Å². The number of benzene rings is 1. The molecule has 0 aliphatic heterocycles. The highest BCUT2D eigenvalue weighted by atomic mass is 15.0.